The number of halogens is 1. The predicted octanol–water partition coefficient (Wildman–Crippen LogP) is 1.39. The van der Waals surface area contributed by atoms with Gasteiger partial charge in [0, 0.05) is 34.7 Å². The van der Waals surface area contributed by atoms with Gasteiger partial charge in [0.25, 0.3) is 0 Å². The van der Waals surface area contributed by atoms with Gasteiger partial charge in [0.1, 0.15) is 0 Å². The topological polar surface area (TPSA) is 73.2 Å². The summed E-state index contributed by atoms with van der Waals surface area (Å²) >= 11 is 0. The number of carbonyl (C=O) groups excluding carboxylic acids is 1. The fourth-order valence-corrected chi connectivity index (χ4v) is 1.65. The highest BCUT2D eigenvalue weighted by Gasteiger charge is 2.21. The number of aromatic nitrogens is 1. The fourth-order valence-electron chi connectivity index (χ4n) is 1.65. The molecule has 122 valence electrons. The Morgan fingerprint density at radius 3 is 2.55 bits per heavy atom. The Hall–Kier alpha value is -2.06. The average Bonchev–Trinajstić information content (AvgIpc) is 2.50. The molecule has 0 saturated heterocycles. The smallest absolute Gasteiger partial charge is 0.357 e. The first-order valence-corrected chi connectivity index (χ1v) is 6.46. The number of hydrogen-bond acceptors (Lipinski definition) is 6. The van der Waals surface area contributed by atoms with Crippen LogP contribution in [0.3, 0.4) is 0 Å². The molecule has 0 fully saturated rings. The SMILES string of the molecule is COC(=O)c1nc(/N=C\N(C)C)c(F)cc1CC(OC)OC. The first kappa shape index (κ1) is 18.0. The van der Waals surface area contributed by atoms with E-state index in [0.29, 0.717) is 5.56 Å². The van der Waals surface area contributed by atoms with E-state index >= 15 is 0 Å². The summed E-state index contributed by atoms with van der Waals surface area (Å²) in [5.74, 6) is -1.52. The number of nitrogens with zero attached hydrogens (tertiary/aromatic N) is 3. The number of methoxy groups -OCH3 is 3. The van der Waals surface area contributed by atoms with Crippen LogP contribution in [-0.2, 0) is 20.6 Å². The van der Waals surface area contributed by atoms with Gasteiger partial charge in [-0.15, -0.1) is 0 Å². The summed E-state index contributed by atoms with van der Waals surface area (Å²) < 4.78 is 28.9. The van der Waals surface area contributed by atoms with E-state index in [1.807, 2.05) is 0 Å². The summed E-state index contributed by atoms with van der Waals surface area (Å²) in [6, 6.07) is 1.19. The fraction of sp³-hybridized carbons (Fsp3) is 0.500. The van der Waals surface area contributed by atoms with Crippen LogP contribution in [0.2, 0.25) is 0 Å². The third kappa shape index (κ3) is 4.74. The molecule has 1 aromatic heterocycles. The molecule has 0 amide bonds. The Bertz CT molecular complexity index is 545. The van der Waals surface area contributed by atoms with Crippen LogP contribution in [0, 0.1) is 5.82 Å². The van der Waals surface area contributed by atoms with Gasteiger partial charge in [-0.2, -0.15) is 0 Å². The van der Waals surface area contributed by atoms with Crippen molar-refractivity contribution in [2.75, 3.05) is 35.4 Å². The predicted molar refractivity (Wildman–Crippen MR) is 78.9 cm³/mol. The lowest BCUT2D eigenvalue weighted by Crippen LogP contribution is -2.19. The molecule has 0 saturated carbocycles. The Labute approximate surface area is 128 Å². The highest BCUT2D eigenvalue weighted by Crippen LogP contribution is 2.21. The standard InChI is InChI=1S/C14H20FN3O4/c1-18(2)8-16-13-10(15)6-9(7-11(20-3)21-4)12(17-13)14(19)22-5/h6,8,11H,7H2,1-5H3/b16-8-. The van der Waals surface area contributed by atoms with Crippen LogP contribution in [0.4, 0.5) is 10.2 Å². The molecule has 0 aromatic carbocycles. The monoisotopic (exact) mass is 313 g/mol. The van der Waals surface area contributed by atoms with Gasteiger partial charge in [0.2, 0.25) is 0 Å². The second kappa shape index (κ2) is 8.40. The van der Waals surface area contributed by atoms with Gasteiger partial charge in [-0.3, -0.25) is 0 Å². The van der Waals surface area contributed by atoms with E-state index in [9.17, 15) is 9.18 Å². The quantitative estimate of drug-likeness (QED) is 0.328. The second-order valence-corrected chi connectivity index (χ2v) is 4.61. The van der Waals surface area contributed by atoms with Gasteiger partial charge >= 0.3 is 5.97 Å². The van der Waals surface area contributed by atoms with Gasteiger partial charge in [-0.25, -0.2) is 19.2 Å². The molecular formula is C14H20FN3O4. The maximum atomic E-state index is 14.1. The molecule has 0 N–H and O–H groups in total. The van der Waals surface area contributed by atoms with Crippen molar-refractivity contribution in [3.63, 3.8) is 0 Å². The van der Waals surface area contributed by atoms with Crippen molar-refractivity contribution in [2.24, 2.45) is 4.99 Å². The van der Waals surface area contributed by atoms with Gasteiger partial charge in [-0.05, 0) is 11.6 Å². The molecule has 7 nitrogen and oxygen atoms in total. The molecule has 1 rings (SSSR count). The number of ether oxygens (including phenoxy) is 3. The molecule has 0 aliphatic rings. The zero-order valence-corrected chi connectivity index (χ0v) is 13.3. The molecule has 0 aliphatic carbocycles. The van der Waals surface area contributed by atoms with Gasteiger partial charge in [-0.1, -0.05) is 0 Å². The van der Waals surface area contributed by atoms with E-state index in [0.717, 1.165) is 0 Å². The zero-order chi connectivity index (χ0) is 16.7. The van der Waals surface area contributed by atoms with Crippen LogP contribution >= 0.6 is 0 Å². The van der Waals surface area contributed by atoms with Crippen LogP contribution in [0.5, 0.6) is 0 Å². The number of hydrogen-bond donors (Lipinski definition) is 0. The summed E-state index contributed by atoms with van der Waals surface area (Å²) in [6.45, 7) is 0. The highest BCUT2D eigenvalue weighted by molar-refractivity contribution is 5.89. The normalized spacial score (nSPS) is 11.2. The number of esters is 1. The largest absolute Gasteiger partial charge is 0.464 e. The number of aliphatic imine (C=N–C) groups is 1. The van der Waals surface area contributed by atoms with Crippen molar-refractivity contribution < 1.29 is 23.4 Å². The Morgan fingerprint density at radius 2 is 2.05 bits per heavy atom. The van der Waals surface area contributed by atoms with Crippen molar-refractivity contribution >= 4 is 18.1 Å². The van der Waals surface area contributed by atoms with E-state index in [4.69, 9.17) is 9.47 Å². The minimum atomic E-state index is -0.678. The summed E-state index contributed by atoms with van der Waals surface area (Å²) in [6.07, 6.45) is 0.916. The molecule has 8 heteroatoms. The van der Waals surface area contributed by atoms with Crippen LogP contribution in [0.1, 0.15) is 16.1 Å². The zero-order valence-electron chi connectivity index (χ0n) is 13.3. The number of carbonyl (C=O) groups is 1. The third-order valence-electron chi connectivity index (χ3n) is 2.74. The molecule has 1 aromatic rings. The average molecular weight is 313 g/mol. The van der Waals surface area contributed by atoms with E-state index in [-0.39, 0.29) is 17.9 Å². The van der Waals surface area contributed by atoms with Crippen LogP contribution in [0.25, 0.3) is 0 Å². The van der Waals surface area contributed by atoms with Crippen molar-refractivity contribution in [1.29, 1.82) is 0 Å². The molecule has 0 aliphatic heterocycles. The lowest BCUT2D eigenvalue weighted by atomic mass is 10.1. The lowest BCUT2D eigenvalue weighted by molar-refractivity contribution is -0.100. The van der Waals surface area contributed by atoms with Crippen LogP contribution in [0.15, 0.2) is 11.1 Å². The minimum absolute atomic E-state index is 0.0195. The maximum absolute atomic E-state index is 14.1. The summed E-state index contributed by atoms with van der Waals surface area (Å²) in [5, 5.41) is 0. The molecule has 0 radical (unpaired) electrons. The highest BCUT2D eigenvalue weighted by atomic mass is 19.1. The summed E-state index contributed by atoms with van der Waals surface area (Å²) in [7, 11) is 7.60. The summed E-state index contributed by atoms with van der Waals surface area (Å²) in [4.78, 5) is 21.3. The first-order valence-electron chi connectivity index (χ1n) is 6.46. The van der Waals surface area contributed by atoms with E-state index in [1.165, 1.54) is 33.7 Å². The van der Waals surface area contributed by atoms with Crippen molar-refractivity contribution in [3.8, 4) is 0 Å². The number of pyridine rings is 1. The van der Waals surface area contributed by atoms with E-state index in [1.54, 1.807) is 19.0 Å². The van der Waals surface area contributed by atoms with E-state index < -0.39 is 18.1 Å². The summed E-state index contributed by atoms with van der Waals surface area (Å²) in [5.41, 5.74) is 0.302. The number of rotatable bonds is 7. The van der Waals surface area contributed by atoms with Crippen LogP contribution in [-0.4, -0.2) is 63.9 Å². The van der Waals surface area contributed by atoms with Crippen LogP contribution < -0.4 is 0 Å². The van der Waals surface area contributed by atoms with Crippen molar-refractivity contribution in [3.05, 3.63) is 23.1 Å². The molecule has 0 unspecified atom stereocenters. The van der Waals surface area contributed by atoms with Crippen molar-refractivity contribution in [1.82, 2.24) is 9.88 Å². The first-order chi connectivity index (χ1) is 10.4. The van der Waals surface area contributed by atoms with Gasteiger partial charge in [0.15, 0.2) is 23.6 Å². The molecule has 0 spiro atoms. The van der Waals surface area contributed by atoms with Crippen molar-refractivity contribution in [2.45, 2.75) is 12.7 Å². The molecule has 0 atom stereocenters. The minimum Gasteiger partial charge on any atom is -0.464 e. The lowest BCUT2D eigenvalue weighted by Gasteiger charge is -2.15. The Kier molecular flexibility index (Phi) is 6.87. The van der Waals surface area contributed by atoms with Gasteiger partial charge < -0.3 is 19.1 Å². The Balaban J connectivity index is 3.26. The van der Waals surface area contributed by atoms with Gasteiger partial charge in [0.05, 0.1) is 13.4 Å². The second-order valence-electron chi connectivity index (χ2n) is 4.61. The molecule has 0 bridgehead atoms. The molecule has 1 heterocycles. The molecular weight excluding hydrogens is 293 g/mol. The Morgan fingerprint density at radius 1 is 1.41 bits per heavy atom. The van der Waals surface area contributed by atoms with E-state index in [2.05, 4.69) is 14.7 Å². The molecule has 22 heavy (non-hydrogen) atoms. The maximum Gasteiger partial charge on any atom is 0.357 e. The third-order valence-corrected chi connectivity index (χ3v) is 2.74.